The highest BCUT2D eigenvalue weighted by molar-refractivity contribution is 5.99. The van der Waals surface area contributed by atoms with Gasteiger partial charge in [-0.05, 0) is 37.8 Å². The Morgan fingerprint density at radius 1 is 1.32 bits per heavy atom. The van der Waals surface area contributed by atoms with Crippen LogP contribution in [0.25, 0.3) is 0 Å². The molecule has 7 nitrogen and oxygen atoms in total. The first kappa shape index (κ1) is 20.6. The van der Waals surface area contributed by atoms with Crippen LogP contribution >= 0.6 is 0 Å². The molecule has 1 aromatic rings. The molecule has 2 N–H and O–H groups in total. The van der Waals surface area contributed by atoms with Crippen LogP contribution in [-0.4, -0.2) is 62.7 Å². The van der Waals surface area contributed by atoms with Gasteiger partial charge in [0.05, 0.1) is 11.7 Å². The van der Waals surface area contributed by atoms with Crippen molar-refractivity contribution in [3.05, 3.63) is 23.8 Å². The lowest BCUT2D eigenvalue weighted by Gasteiger charge is -2.30. The lowest BCUT2D eigenvalue weighted by Crippen LogP contribution is -2.44. The predicted molar refractivity (Wildman–Crippen MR) is 108 cm³/mol. The number of nitrogens with one attached hydrogen (secondary N) is 2. The summed E-state index contributed by atoms with van der Waals surface area (Å²) < 4.78 is 11.6. The molecule has 1 aromatic carbocycles. The third-order valence-electron chi connectivity index (χ3n) is 5.44. The molecule has 1 saturated carbocycles. The molecule has 3 rings (SSSR count). The number of hydrogen-bond donors (Lipinski definition) is 2. The lowest BCUT2D eigenvalue weighted by molar-refractivity contribution is -0.117. The number of methoxy groups -OCH3 is 1. The van der Waals surface area contributed by atoms with E-state index >= 15 is 0 Å². The molecule has 0 unspecified atom stereocenters. The molecule has 1 aliphatic carbocycles. The van der Waals surface area contributed by atoms with Crippen molar-refractivity contribution in [3.8, 4) is 5.75 Å². The Labute approximate surface area is 166 Å². The van der Waals surface area contributed by atoms with Gasteiger partial charge in [0.25, 0.3) is 5.91 Å². The maximum atomic E-state index is 13.0. The molecular formula is C21H31N3O4. The van der Waals surface area contributed by atoms with Gasteiger partial charge >= 0.3 is 0 Å². The van der Waals surface area contributed by atoms with Crippen molar-refractivity contribution in [2.24, 2.45) is 11.8 Å². The zero-order valence-corrected chi connectivity index (χ0v) is 17.2. The van der Waals surface area contributed by atoms with Crippen LogP contribution in [0.1, 0.15) is 37.0 Å². The van der Waals surface area contributed by atoms with Crippen molar-refractivity contribution in [1.29, 1.82) is 0 Å². The van der Waals surface area contributed by atoms with E-state index in [9.17, 15) is 9.59 Å². The van der Waals surface area contributed by atoms with Crippen LogP contribution in [0, 0.1) is 11.8 Å². The summed E-state index contributed by atoms with van der Waals surface area (Å²) in [6.07, 6.45) is 1.83. The van der Waals surface area contributed by atoms with E-state index < -0.39 is 0 Å². The number of rotatable bonds is 3. The summed E-state index contributed by atoms with van der Waals surface area (Å²) in [5, 5.41) is 6.38. The second-order valence-corrected chi connectivity index (χ2v) is 8.03. The van der Waals surface area contributed by atoms with Gasteiger partial charge in [-0.15, -0.1) is 0 Å². The third kappa shape index (κ3) is 5.02. The van der Waals surface area contributed by atoms with Crippen LogP contribution in [0.4, 0.5) is 5.69 Å². The van der Waals surface area contributed by atoms with Gasteiger partial charge in [-0.25, -0.2) is 0 Å². The molecule has 1 heterocycles. The number of carbonyl (C=O) groups is 2. The van der Waals surface area contributed by atoms with Crippen molar-refractivity contribution in [1.82, 2.24) is 10.2 Å². The molecule has 7 heteroatoms. The molecule has 2 aliphatic rings. The smallest absolute Gasteiger partial charge is 0.257 e. The van der Waals surface area contributed by atoms with Crippen LogP contribution < -0.4 is 15.4 Å². The molecule has 154 valence electrons. The van der Waals surface area contributed by atoms with Crippen LogP contribution in [0.3, 0.4) is 0 Å². The highest BCUT2D eigenvalue weighted by Gasteiger charge is 2.30. The highest BCUT2D eigenvalue weighted by atomic mass is 16.5. The minimum atomic E-state index is -0.120. The minimum Gasteiger partial charge on any atom is -0.491 e. The fourth-order valence-electron chi connectivity index (χ4n) is 3.32. The molecule has 28 heavy (non-hydrogen) atoms. The van der Waals surface area contributed by atoms with E-state index in [1.807, 2.05) is 6.92 Å². The first-order valence-corrected chi connectivity index (χ1v) is 9.98. The molecule has 0 aromatic heterocycles. The third-order valence-corrected chi connectivity index (χ3v) is 5.44. The largest absolute Gasteiger partial charge is 0.491 e. The normalized spacial score (nSPS) is 26.5. The zero-order chi connectivity index (χ0) is 20.3. The molecule has 0 bridgehead atoms. The fourth-order valence-corrected chi connectivity index (χ4v) is 3.32. The Bertz CT molecular complexity index is 720. The van der Waals surface area contributed by atoms with Crippen LogP contribution in [0.2, 0.25) is 0 Å². The van der Waals surface area contributed by atoms with Gasteiger partial charge < -0.3 is 25.0 Å². The number of benzene rings is 1. The SMILES string of the molecule is CO[C@@H]1CN(C)C(=O)c2ccc(NC(=O)C3CC3)cc2OC[C@H](C)NC[C@H]1C. The number of ether oxygens (including phenoxy) is 2. The van der Waals surface area contributed by atoms with Gasteiger partial charge in [0, 0.05) is 51.0 Å². The summed E-state index contributed by atoms with van der Waals surface area (Å²) in [5.74, 6) is 0.768. The maximum Gasteiger partial charge on any atom is 0.257 e. The average Bonchev–Trinajstić information content (AvgIpc) is 3.52. The van der Waals surface area contributed by atoms with Gasteiger partial charge in [0.1, 0.15) is 12.4 Å². The van der Waals surface area contributed by atoms with Crippen molar-refractivity contribution in [3.63, 3.8) is 0 Å². The van der Waals surface area contributed by atoms with E-state index in [-0.39, 0.29) is 35.8 Å². The van der Waals surface area contributed by atoms with Crippen molar-refractivity contribution in [2.45, 2.75) is 38.8 Å². The molecule has 3 atom stereocenters. The molecule has 1 fully saturated rings. The molecule has 0 radical (unpaired) electrons. The number of fused-ring (bicyclic) bond motifs is 1. The quantitative estimate of drug-likeness (QED) is 0.828. The summed E-state index contributed by atoms with van der Waals surface area (Å²) in [5.41, 5.74) is 1.14. The summed E-state index contributed by atoms with van der Waals surface area (Å²) in [4.78, 5) is 26.8. The number of likely N-dealkylation sites (N-methyl/N-ethyl adjacent to an activating group) is 1. The number of hydrogen-bond acceptors (Lipinski definition) is 5. The standard InChI is InChI=1S/C21H31N3O4/c1-13-10-22-14(2)12-28-18-9-16(23-20(25)15-5-6-15)7-8-17(18)21(26)24(3)11-19(13)27-4/h7-9,13-15,19,22H,5-6,10-12H2,1-4H3,(H,23,25)/t13-,14+,19-/m1/s1. The van der Waals surface area contributed by atoms with Gasteiger partial charge in [0.2, 0.25) is 5.91 Å². The Balaban J connectivity index is 1.85. The minimum absolute atomic E-state index is 0.0310. The Hall–Kier alpha value is -2.12. The van der Waals surface area contributed by atoms with Gasteiger partial charge in [0.15, 0.2) is 0 Å². The van der Waals surface area contributed by atoms with Crippen molar-refractivity contribution >= 4 is 17.5 Å². The maximum absolute atomic E-state index is 13.0. The second-order valence-electron chi connectivity index (χ2n) is 8.03. The molecular weight excluding hydrogens is 358 g/mol. The van der Waals surface area contributed by atoms with Crippen molar-refractivity contribution < 1.29 is 19.1 Å². The van der Waals surface area contributed by atoms with Crippen LogP contribution in [0.15, 0.2) is 18.2 Å². The Morgan fingerprint density at radius 2 is 2.07 bits per heavy atom. The van der Waals surface area contributed by atoms with Crippen LogP contribution in [0.5, 0.6) is 5.75 Å². The average molecular weight is 389 g/mol. The van der Waals surface area contributed by atoms with E-state index in [2.05, 4.69) is 17.6 Å². The summed E-state index contributed by atoms with van der Waals surface area (Å²) in [7, 11) is 3.45. The molecule has 0 saturated heterocycles. The molecule has 0 spiro atoms. The fraction of sp³-hybridized carbons (Fsp3) is 0.619. The monoisotopic (exact) mass is 389 g/mol. The van der Waals surface area contributed by atoms with Crippen molar-refractivity contribution in [2.75, 3.05) is 39.2 Å². The van der Waals surface area contributed by atoms with E-state index in [0.29, 0.717) is 30.2 Å². The Morgan fingerprint density at radius 3 is 2.75 bits per heavy atom. The van der Waals surface area contributed by atoms with E-state index in [1.165, 1.54) is 0 Å². The first-order chi connectivity index (χ1) is 13.4. The van der Waals surface area contributed by atoms with Gasteiger partial charge in [-0.1, -0.05) is 6.92 Å². The first-order valence-electron chi connectivity index (χ1n) is 9.98. The zero-order valence-electron chi connectivity index (χ0n) is 17.2. The van der Waals surface area contributed by atoms with E-state index in [1.54, 1.807) is 37.3 Å². The van der Waals surface area contributed by atoms with Gasteiger partial charge in [-0.3, -0.25) is 9.59 Å². The second kappa shape index (κ2) is 8.92. The van der Waals surface area contributed by atoms with Crippen LogP contribution in [-0.2, 0) is 9.53 Å². The molecule has 1 aliphatic heterocycles. The number of nitrogens with zero attached hydrogens (tertiary/aromatic N) is 1. The summed E-state index contributed by atoms with van der Waals surface area (Å²) in [6, 6.07) is 5.35. The lowest BCUT2D eigenvalue weighted by atomic mass is 10.0. The number of anilines is 1. The Kier molecular flexibility index (Phi) is 6.57. The number of amides is 2. The van der Waals surface area contributed by atoms with E-state index in [0.717, 1.165) is 19.4 Å². The summed E-state index contributed by atoms with van der Waals surface area (Å²) >= 11 is 0. The topological polar surface area (TPSA) is 79.9 Å². The highest BCUT2D eigenvalue weighted by Crippen LogP contribution is 2.31. The van der Waals surface area contributed by atoms with Gasteiger partial charge in [-0.2, -0.15) is 0 Å². The predicted octanol–water partition coefficient (Wildman–Crippen LogP) is 2.13. The number of carbonyl (C=O) groups excluding carboxylic acids is 2. The van der Waals surface area contributed by atoms with E-state index in [4.69, 9.17) is 9.47 Å². The summed E-state index contributed by atoms with van der Waals surface area (Å²) in [6.45, 7) is 5.85. The molecule has 2 amide bonds.